The lowest BCUT2D eigenvalue weighted by Crippen LogP contribution is -2.50. The maximum atomic E-state index is 12.5. The first-order valence-corrected chi connectivity index (χ1v) is 7.87. The minimum Gasteiger partial charge on any atom is -0.338 e. The van der Waals surface area contributed by atoms with Gasteiger partial charge in [-0.3, -0.25) is 4.79 Å². The minimum atomic E-state index is 0.00952. The van der Waals surface area contributed by atoms with E-state index in [4.69, 9.17) is 0 Å². The van der Waals surface area contributed by atoms with Gasteiger partial charge in [-0.25, -0.2) is 9.97 Å². The Bertz CT molecular complexity index is 528. The summed E-state index contributed by atoms with van der Waals surface area (Å²) in [6.45, 7) is 8.68. The van der Waals surface area contributed by atoms with Gasteiger partial charge in [0.25, 0.3) is 0 Å². The lowest BCUT2D eigenvalue weighted by Gasteiger charge is -2.36. The van der Waals surface area contributed by atoms with E-state index in [1.807, 2.05) is 33.2 Å². The Morgan fingerprint density at radius 2 is 1.95 bits per heavy atom. The van der Waals surface area contributed by atoms with Gasteiger partial charge >= 0.3 is 0 Å². The maximum Gasteiger partial charge on any atom is 0.225 e. The third kappa shape index (κ3) is 2.49. The highest BCUT2D eigenvalue weighted by Crippen LogP contribution is 2.39. The summed E-state index contributed by atoms with van der Waals surface area (Å²) in [5, 5.41) is 0. The van der Waals surface area contributed by atoms with Gasteiger partial charge in [0, 0.05) is 37.9 Å². The lowest BCUT2D eigenvalue weighted by molar-refractivity contribution is -0.138. The van der Waals surface area contributed by atoms with Crippen molar-refractivity contribution in [2.75, 3.05) is 24.5 Å². The van der Waals surface area contributed by atoms with Crippen molar-refractivity contribution in [1.82, 2.24) is 14.9 Å². The summed E-state index contributed by atoms with van der Waals surface area (Å²) in [5.41, 5.74) is 1.08. The van der Waals surface area contributed by atoms with Crippen LogP contribution in [0.3, 0.4) is 0 Å². The number of nitrogens with zero attached hydrogens (tertiary/aromatic N) is 4. The van der Waals surface area contributed by atoms with Crippen molar-refractivity contribution in [2.24, 2.45) is 5.92 Å². The van der Waals surface area contributed by atoms with Crippen LogP contribution in [-0.4, -0.2) is 45.9 Å². The zero-order chi connectivity index (χ0) is 15.0. The topological polar surface area (TPSA) is 49.3 Å². The molecule has 0 unspecified atom stereocenters. The van der Waals surface area contributed by atoms with Gasteiger partial charge < -0.3 is 9.80 Å². The average Bonchev–Trinajstić information content (AvgIpc) is 3.07. The van der Waals surface area contributed by atoms with E-state index in [0.717, 1.165) is 50.4 Å². The van der Waals surface area contributed by atoms with E-state index in [2.05, 4.69) is 19.8 Å². The van der Waals surface area contributed by atoms with Crippen molar-refractivity contribution in [3.63, 3.8) is 0 Å². The molecule has 114 valence electrons. The Morgan fingerprint density at radius 3 is 2.62 bits per heavy atom. The van der Waals surface area contributed by atoms with E-state index < -0.39 is 0 Å². The monoisotopic (exact) mass is 288 g/mol. The molecule has 1 spiro atoms. The first-order valence-electron chi connectivity index (χ1n) is 7.87. The van der Waals surface area contributed by atoms with Crippen LogP contribution in [0.15, 0.2) is 12.4 Å². The van der Waals surface area contributed by atoms with Crippen LogP contribution in [-0.2, 0) is 4.79 Å². The second-order valence-electron chi connectivity index (χ2n) is 6.70. The molecule has 0 saturated carbocycles. The molecule has 1 amide bonds. The smallest absolute Gasteiger partial charge is 0.225 e. The molecule has 2 aliphatic rings. The van der Waals surface area contributed by atoms with Crippen molar-refractivity contribution >= 4 is 11.9 Å². The van der Waals surface area contributed by atoms with Gasteiger partial charge in [0.2, 0.25) is 11.9 Å². The zero-order valence-corrected chi connectivity index (χ0v) is 13.2. The number of aryl methyl sites for hydroxylation is 1. The van der Waals surface area contributed by atoms with Crippen LogP contribution in [0.5, 0.6) is 0 Å². The number of hydrogen-bond donors (Lipinski definition) is 0. The van der Waals surface area contributed by atoms with Crippen LogP contribution in [0.2, 0.25) is 0 Å². The Balaban J connectivity index is 1.78. The van der Waals surface area contributed by atoms with E-state index in [0.29, 0.717) is 5.91 Å². The van der Waals surface area contributed by atoms with Crippen molar-refractivity contribution in [2.45, 2.75) is 45.6 Å². The molecule has 0 radical (unpaired) electrons. The zero-order valence-electron chi connectivity index (χ0n) is 13.2. The number of carbonyl (C=O) groups excluding carboxylic acids is 1. The molecule has 3 rings (SSSR count). The Kier molecular flexibility index (Phi) is 3.59. The van der Waals surface area contributed by atoms with E-state index in [1.165, 1.54) is 0 Å². The fraction of sp³-hybridized carbons (Fsp3) is 0.688. The molecule has 2 fully saturated rings. The van der Waals surface area contributed by atoms with Gasteiger partial charge in [-0.1, -0.05) is 13.8 Å². The molecule has 0 aromatic carbocycles. The second kappa shape index (κ2) is 5.28. The molecule has 3 heterocycles. The van der Waals surface area contributed by atoms with Gasteiger partial charge in [0.1, 0.15) is 0 Å². The highest BCUT2D eigenvalue weighted by Gasteiger charge is 2.48. The van der Waals surface area contributed by atoms with E-state index in [9.17, 15) is 4.79 Å². The predicted molar refractivity (Wildman–Crippen MR) is 82.1 cm³/mol. The summed E-state index contributed by atoms with van der Waals surface area (Å²) < 4.78 is 0. The Labute approximate surface area is 126 Å². The molecule has 5 nitrogen and oxygen atoms in total. The molecule has 0 N–H and O–H groups in total. The summed E-state index contributed by atoms with van der Waals surface area (Å²) in [6, 6.07) is 0. The van der Waals surface area contributed by atoms with Gasteiger partial charge in [-0.15, -0.1) is 0 Å². The first-order chi connectivity index (χ1) is 10.0. The van der Waals surface area contributed by atoms with Crippen LogP contribution in [0.25, 0.3) is 0 Å². The number of hydrogen-bond acceptors (Lipinski definition) is 4. The highest BCUT2D eigenvalue weighted by atomic mass is 16.2. The normalized spacial score (nSPS) is 25.3. The van der Waals surface area contributed by atoms with Gasteiger partial charge in [0.15, 0.2) is 0 Å². The standard InChI is InChI=1S/C16H24N4O/c1-12(2)14(21)20-7-4-5-16(20)6-8-19(11-16)15-17-9-13(3)10-18-15/h9-10,12H,4-8,11H2,1-3H3/t16-/m0/s1. The van der Waals surface area contributed by atoms with Crippen molar-refractivity contribution in [3.05, 3.63) is 18.0 Å². The molecule has 2 aliphatic heterocycles. The van der Waals surface area contributed by atoms with Gasteiger partial charge in [-0.2, -0.15) is 0 Å². The molecule has 0 bridgehead atoms. The number of carbonyl (C=O) groups is 1. The fourth-order valence-corrected chi connectivity index (χ4v) is 3.59. The van der Waals surface area contributed by atoms with Crippen molar-refractivity contribution in [1.29, 1.82) is 0 Å². The van der Waals surface area contributed by atoms with E-state index in [-0.39, 0.29) is 11.5 Å². The third-order valence-electron chi connectivity index (χ3n) is 4.74. The molecule has 2 saturated heterocycles. The summed E-state index contributed by atoms with van der Waals surface area (Å²) in [4.78, 5) is 25.7. The van der Waals surface area contributed by atoms with Crippen LogP contribution in [0.4, 0.5) is 5.95 Å². The molecule has 1 aromatic heterocycles. The first kappa shape index (κ1) is 14.3. The average molecular weight is 288 g/mol. The molecular formula is C16H24N4O. The van der Waals surface area contributed by atoms with Crippen LogP contribution in [0, 0.1) is 12.8 Å². The summed E-state index contributed by atoms with van der Waals surface area (Å²) in [7, 11) is 0. The minimum absolute atomic E-state index is 0.00952. The number of amides is 1. The van der Waals surface area contributed by atoms with Crippen molar-refractivity contribution < 1.29 is 4.79 Å². The second-order valence-corrected chi connectivity index (χ2v) is 6.70. The summed E-state index contributed by atoms with van der Waals surface area (Å²) in [6.07, 6.45) is 6.97. The number of aromatic nitrogens is 2. The fourth-order valence-electron chi connectivity index (χ4n) is 3.59. The Hall–Kier alpha value is -1.65. The molecule has 5 heteroatoms. The quantitative estimate of drug-likeness (QED) is 0.835. The predicted octanol–water partition coefficient (Wildman–Crippen LogP) is 2.01. The third-order valence-corrected chi connectivity index (χ3v) is 4.74. The molecule has 1 atom stereocenters. The molecule has 1 aromatic rings. The largest absolute Gasteiger partial charge is 0.338 e. The maximum absolute atomic E-state index is 12.5. The van der Waals surface area contributed by atoms with Crippen LogP contribution < -0.4 is 4.90 Å². The number of likely N-dealkylation sites (tertiary alicyclic amines) is 1. The van der Waals surface area contributed by atoms with Gasteiger partial charge in [0.05, 0.1) is 5.54 Å². The van der Waals surface area contributed by atoms with Crippen LogP contribution >= 0.6 is 0 Å². The number of rotatable bonds is 2. The van der Waals surface area contributed by atoms with Gasteiger partial charge in [-0.05, 0) is 31.7 Å². The SMILES string of the molecule is Cc1cnc(N2CC[C@@]3(CCCN3C(=O)C(C)C)C2)nc1. The molecule has 0 aliphatic carbocycles. The molecular weight excluding hydrogens is 264 g/mol. The number of anilines is 1. The summed E-state index contributed by atoms with van der Waals surface area (Å²) >= 11 is 0. The van der Waals surface area contributed by atoms with E-state index >= 15 is 0 Å². The van der Waals surface area contributed by atoms with E-state index in [1.54, 1.807) is 0 Å². The Morgan fingerprint density at radius 1 is 1.24 bits per heavy atom. The van der Waals surface area contributed by atoms with Crippen molar-refractivity contribution in [3.8, 4) is 0 Å². The molecule has 21 heavy (non-hydrogen) atoms. The lowest BCUT2D eigenvalue weighted by atomic mass is 9.94. The summed E-state index contributed by atoms with van der Waals surface area (Å²) in [5.74, 6) is 1.16. The van der Waals surface area contributed by atoms with Crippen LogP contribution in [0.1, 0.15) is 38.7 Å². The highest BCUT2D eigenvalue weighted by molar-refractivity contribution is 5.79.